The largest absolute Gasteiger partial charge is 0.479 e. The number of carbonyl (C=O) groups excluding carboxylic acids is 1. The van der Waals surface area contributed by atoms with Crippen LogP contribution in [-0.4, -0.2) is 24.1 Å². The predicted octanol–water partition coefficient (Wildman–Crippen LogP) is 2.92. The van der Waals surface area contributed by atoms with Crippen LogP contribution < -0.4 is 15.8 Å². The minimum absolute atomic E-state index is 0. The van der Waals surface area contributed by atoms with Crippen LogP contribution in [0.2, 0.25) is 5.02 Å². The molecular weight excluding hydrogens is 311 g/mol. The van der Waals surface area contributed by atoms with Crippen molar-refractivity contribution in [3.05, 3.63) is 29.3 Å². The summed E-state index contributed by atoms with van der Waals surface area (Å²) in [6.45, 7) is 1.73. The van der Waals surface area contributed by atoms with Crippen molar-refractivity contribution in [3.8, 4) is 5.75 Å². The van der Waals surface area contributed by atoms with Crippen LogP contribution in [0.3, 0.4) is 0 Å². The lowest BCUT2D eigenvalue weighted by atomic mass is 9.92. The van der Waals surface area contributed by atoms with E-state index in [0.717, 1.165) is 25.7 Å². The van der Waals surface area contributed by atoms with E-state index in [2.05, 4.69) is 5.32 Å². The van der Waals surface area contributed by atoms with Gasteiger partial charge in [0.15, 0.2) is 6.10 Å². The number of halogens is 2. The van der Waals surface area contributed by atoms with E-state index in [9.17, 15) is 4.79 Å². The van der Waals surface area contributed by atoms with Crippen LogP contribution in [-0.2, 0) is 4.79 Å². The van der Waals surface area contributed by atoms with Crippen molar-refractivity contribution < 1.29 is 9.53 Å². The van der Waals surface area contributed by atoms with E-state index in [1.807, 2.05) is 12.1 Å². The first-order valence-electron chi connectivity index (χ1n) is 7.03. The van der Waals surface area contributed by atoms with Gasteiger partial charge in [0.2, 0.25) is 0 Å². The van der Waals surface area contributed by atoms with Gasteiger partial charge in [0.05, 0.1) is 5.02 Å². The van der Waals surface area contributed by atoms with Crippen molar-refractivity contribution >= 4 is 29.9 Å². The zero-order chi connectivity index (χ0) is 14.5. The fourth-order valence-corrected chi connectivity index (χ4v) is 2.55. The molecule has 0 aromatic heterocycles. The summed E-state index contributed by atoms with van der Waals surface area (Å²) in [5.74, 6) is 0.424. The predicted molar refractivity (Wildman–Crippen MR) is 87.2 cm³/mol. The lowest BCUT2D eigenvalue weighted by Gasteiger charge is -2.28. The molecule has 0 bridgehead atoms. The fraction of sp³-hybridized carbons (Fsp3) is 0.533. The molecule has 21 heavy (non-hydrogen) atoms. The molecule has 1 atom stereocenters. The van der Waals surface area contributed by atoms with Gasteiger partial charge in [0, 0.05) is 12.1 Å². The maximum atomic E-state index is 12.1. The summed E-state index contributed by atoms with van der Waals surface area (Å²) in [6, 6.07) is 7.63. The molecule has 6 heteroatoms. The average molecular weight is 333 g/mol. The van der Waals surface area contributed by atoms with Gasteiger partial charge >= 0.3 is 0 Å². The molecule has 1 fully saturated rings. The maximum absolute atomic E-state index is 12.1. The SMILES string of the molecule is CC(Oc1ccccc1Cl)C(=O)NC1CCC(N)CC1.Cl. The van der Waals surface area contributed by atoms with Gasteiger partial charge in [-0.3, -0.25) is 4.79 Å². The smallest absolute Gasteiger partial charge is 0.260 e. The third-order valence-corrected chi connectivity index (χ3v) is 3.94. The van der Waals surface area contributed by atoms with Crippen LogP contribution in [0.5, 0.6) is 5.75 Å². The second-order valence-corrected chi connectivity index (χ2v) is 5.72. The van der Waals surface area contributed by atoms with Crippen molar-refractivity contribution in [3.63, 3.8) is 0 Å². The summed E-state index contributed by atoms with van der Waals surface area (Å²) < 4.78 is 5.60. The molecule has 1 aliphatic rings. The lowest BCUT2D eigenvalue weighted by molar-refractivity contribution is -0.128. The Balaban J connectivity index is 0.00000220. The number of nitrogens with one attached hydrogen (secondary N) is 1. The summed E-state index contributed by atoms with van der Waals surface area (Å²) in [5.41, 5.74) is 5.85. The Kier molecular flexibility index (Phi) is 7.29. The lowest BCUT2D eigenvalue weighted by Crippen LogP contribution is -2.45. The highest BCUT2D eigenvalue weighted by Gasteiger charge is 2.23. The Labute approximate surface area is 136 Å². The number of nitrogens with two attached hydrogens (primary N) is 1. The fourth-order valence-electron chi connectivity index (χ4n) is 2.37. The molecule has 1 aromatic rings. The van der Waals surface area contributed by atoms with Crippen molar-refractivity contribution in [1.29, 1.82) is 0 Å². The van der Waals surface area contributed by atoms with Crippen LogP contribution in [0.15, 0.2) is 24.3 Å². The Morgan fingerprint density at radius 3 is 2.57 bits per heavy atom. The van der Waals surface area contributed by atoms with E-state index in [1.54, 1.807) is 19.1 Å². The number of hydrogen-bond donors (Lipinski definition) is 2. The van der Waals surface area contributed by atoms with Crippen LogP contribution in [0.1, 0.15) is 32.6 Å². The standard InChI is InChI=1S/C15H21ClN2O2.ClH/c1-10(20-14-5-3-2-4-13(14)16)15(19)18-12-8-6-11(17)7-9-12;/h2-5,10-12H,6-9,17H2,1H3,(H,18,19);1H. The van der Waals surface area contributed by atoms with E-state index in [1.165, 1.54) is 0 Å². The van der Waals surface area contributed by atoms with Crippen molar-refractivity contribution in [2.45, 2.75) is 50.8 Å². The first-order chi connectivity index (χ1) is 9.56. The van der Waals surface area contributed by atoms with Crippen molar-refractivity contribution in [2.75, 3.05) is 0 Å². The van der Waals surface area contributed by atoms with Crippen LogP contribution in [0.25, 0.3) is 0 Å². The monoisotopic (exact) mass is 332 g/mol. The Morgan fingerprint density at radius 2 is 1.95 bits per heavy atom. The van der Waals surface area contributed by atoms with Gasteiger partial charge < -0.3 is 15.8 Å². The summed E-state index contributed by atoms with van der Waals surface area (Å²) in [7, 11) is 0. The minimum Gasteiger partial charge on any atom is -0.479 e. The second-order valence-electron chi connectivity index (χ2n) is 5.31. The van der Waals surface area contributed by atoms with Gasteiger partial charge in [-0.25, -0.2) is 0 Å². The number of rotatable bonds is 4. The molecule has 0 aliphatic heterocycles. The molecule has 0 saturated heterocycles. The molecule has 0 heterocycles. The molecule has 4 nitrogen and oxygen atoms in total. The first-order valence-corrected chi connectivity index (χ1v) is 7.41. The summed E-state index contributed by atoms with van der Waals surface area (Å²) in [6.07, 6.45) is 3.23. The Morgan fingerprint density at radius 1 is 1.33 bits per heavy atom. The summed E-state index contributed by atoms with van der Waals surface area (Å²) >= 11 is 6.01. The minimum atomic E-state index is -0.564. The molecule has 1 aliphatic carbocycles. The number of carbonyl (C=O) groups is 1. The van der Waals surface area contributed by atoms with E-state index < -0.39 is 6.10 Å². The molecule has 1 amide bonds. The molecule has 118 valence electrons. The highest BCUT2D eigenvalue weighted by molar-refractivity contribution is 6.32. The highest BCUT2D eigenvalue weighted by atomic mass is 35.5. The number of amides is 1. The first kappa shape index (κ1) is 18.1. The van der Waals surface area contributed by atoms with Gasteiger partial charge in [-0.2, -0.15) is 0 Å². The second kappa shape index (κ2) is 8.47. The average Bonchev–Trinajstić information content (AvgIpc) is 2.44. The molecular formula is C15H22Cl2N2O2. The van der Waals surface area contributed by atoms with Gasteiger partial charge in [0.25, 0.3) is 5.91 Å². The summed E-state index contributed by atoms with van der Waals surface area (Å²) in [5, 5.41) is 3.53. The summed E-state index contributed by atoms with van der Waals surface area (Å²) in [4.78, 5) is 12.1. The topological polar surface area (TPSA) is 64.3 Å². The van der Waals surface area contributed by atoms with E-state index in [0.29, 0.717) is 10.8 Å². The van der Waals surface area contributed by atoms with Gasteiger partial charge in [-0.15, -0.1) is 12.4 Å². The molecule has 1 aromatic carbocycles. The molecule has 0 spiro atoms. The number of hydrogen-bond acceptors (Lipinski definition) is 3. The molecule has 3 N–H and O–H groups in total. The number of ether oxygens (including phenoxy) is 1. The number of benzene rings is 1. The van der Waals surface area contributed by atoms with Crippen LogP contribution in [0.4, 0.5) is 0 Å². The van der Waals surface area contributed by atoms with Crippen molar-refractivity contribution in [2.24, 2.45) is 5.73 Å². The maximum Gasteiger partial charge on any atom is 0.260 e. The third-order valence-electron chi connectivity index (χ3n) is 3.63. The molecule has 1 unspecified atom stereocenters. The van der Waals surface area contributed by atoms with E-state index >= 15 is 0 Å². The normalized spacial score (nSPS) is 22.8. The highest BCUT2D eigenvalue weighted by Crippen LogP contribution is 2.24. The molecule has 2 rings (SSSR count). The van der Waals surface area contributed by atoms with E-state index in [4.69, 9.17) is 22.1 Å². The van der Waals surface area contributed by atoms with Gasteiger partial charge in [-0.1, -0.05) is 23.7 Å². The zero-order valence-corrected chi connectivity index (χ0v) is 13.6. The van der Waals surface area contributed by atoms with Gasteiger partial charge in [0.1, 0.15) is 5.75 Å². The third kappa shape index (κ3) is 5.38. The van der Waals surface area contributed by atoms with Crippen LogP contribution >= 0.6 is 24.0 Å². The van der Waals surface area contributed by atoms with Crippen LogP contribution in [0, 0.1) is 0 Å². The quantitative estimate of drug-likeness (QED) is 0.890. The Bertz CT molecular complexity index is 463. The zero-order valence-electron chi connectivity index (χ0n) is 12.0. The number of para-hydroxylation sites is 1. The van der Waals surface area contributed by atoms with Crippen molar-refractivity contribution in [1.82, 2.24) is 5.32 Å². The van der Waals surface area contributed by atoms with Gasteiger partial charge in [-0.05, 0) is 44.7 Å². The Hall–Kier alpha value is -0.970. The van der Waals surface area contributed by atoms with E-state index in [-0.39, 0.29) is 30.4 Å². The molecule has 1 saturated carbocycles. The molecule has 0 radical (unpaired) electrons.